The third-order valence-electron chi connectivity index (χ3n) is 3.61. The predicted octanol–water partition coefficient (Wildman–Crippen LogP) is 2.36. The molecular formula is C15H19N5O. The summed E-state index contributed by atoms with van der Waals surface area (Å²) in [6.07, 6.45) is 5.90. The molecule has 0 spiro atoms. The highest BCUT2D eigenvalue weighted by Crippen LogP contribution is 2.26. The van der Waals surface area contributed by atoms with Crippen LogP contribution in [0.3, 0.4) is 0 Å². The number of aryl methyl sites for hydroxylation is 3. The number of hydrogen-bond donors (Lipinski definition) is 2. The molecule has 3 rings (SSSR count). The van der Waals surface area contributed by atoms with E-state index in [9.17, 15) is 0 Å². The van der Waals surface area contributed by atoms with Gasteiger partial charge >= 0.3 is 0 Å². The van der Waals surface area contributed by atoms with Crippen LogP contribution in [0.5, 0.6) is 0 Å². The maximum atomic E-state index is 5.23. The zero-order chi connectivity index (χ0) is 15.0. The lowest BCUT2D eigenvalue weighted by Crippen LogP contribution is -2.10. The Kier molecular flexibility index (Phi) is 3.29. The van der Waals surface area contributed by atoms with Crippen molar-refractivity contribution < 1.29 is 4.52 Å². The van der Waals surface area contributed by atoms with Crippen molar-refractivity contribution in [1.82, 2.24) is 20.3 Å². The second-order valence-electron chi connectivity index (χ2n) is 5.29. The fraction of sp³-hybridized carbons (Fsp3) is 0.333. The predicted molar refractivity (Wildman–Crippen MR) is 81.5 cm³/mol. The molecule has 2 aromatic heterocycles. The molecule has 21 heavy (non-hydrogen) atoms. The first-order chi connectivity index (χ1) is 10.0. The van der Waals surface area contributed by atoms with E-state index in [4.69, 9.17) is 4.52 Å². The highest BCUT2D eigenvalue weighted by molar-refractivity contribution is 5.73. The van der Waals surface area contributed by atoms with Gasteiger partial charge in [0, 0.05) is 31.2 Å². The van der Waals surface area contributed by atoms with Gasteiger partial charge in [-0.2, -0.15) is 5.10 Å². The molecule has 6 heteroatoms. The van der Waals surface area contributed by atoms with E-state index in [2.05, 4.69) is 33.9 Å². The Labute approximate surface area is 123 Å². The van der Waals surface area contributed by atoms with Crippen LogP contribution in [0.2, 0.25) is 0 Å². The molecule has 110 valence electrons. The van der Waals surface area contributed by atoms with Crippen molar-refractivity contribution in [2.24, 2.45) is 7.05 Å². The molecule has 0 atom stereocenters. The maximum Gasteiger partial charge on any atom is 0.143 e. The van der Waals surface area contributed by atoms with Gasteiger partial charge in [0.15, 0.2) is 0 Å². The fourth-order valence-electron chi connectivity index (χ4n) is 2.52. The van der Waals surface area contributed by atoms with Crippen LogP contribution in [0.15, 0.2) is 34.3 Å². The molecule has 1 aliphatic heterocycles. The molecule has 3 heterocycles. The van der Waals surface area contributed by atoms with Gasteiger partial charge in [0.1, 0.15) is 5.76 Å². The van der Waals surface area contributed by atoms with Crippen LogP contribution < -0.4 is 10.6 Å². The SMILES string of the molecule is C/C(Nc1cnn(C)c1)=C1\C=C(c2c(C)noc2C)NC1. The summed E-state index contributed by atoms with van der Waals surface area (Å²) in [7, 11) is 1.90. The van der Waals surface area contributed by atoms with Gasteiger partial charge < -0.3 is 15.2 Å². The van der Waals surface area contributed by atoms with Crippen LogP contribution in [0.1, 0.15) is 23.9 Å². The molecule has 0 bridgehead atoms. The summed E-state index contributed by atoms with van der Waals surface area (Å²) in [5, 5.41) is 14.9. The van der Waals surface area contributed by atoms with E-state index in [1.54, 1.807) is 4.68 Å². The van der Waals surface area contributed by atoms with Gasteiger partial charge in [0.2, 0.25) is 0 Å². The Hall–Kier alpha value is -2.50. The summed E-state index contributed by atoms with van der Waals surface area (Å²) < 4.78 is 7.00. The van der Waals surface area contributed by atoms with E-state index < -0.39 is 0 Å². The van der Waals surface area contributed by atoms with Crippen LogP contribution in [0.25, 0.3) is 5.70 Å². The number of rotatable bonds is 3. The van der Waals surface area contributed by atoms with Gasteiger partial charge in [-0.1, -0.05) is 5.16 Å². The summed E-state index contributed by atoms with van der Waals surface area (Å²) in [5.74, 6) is 0.838. The third-order valence-corrected chi connectivity index (χ3v) is 3.61. The molecule has 0 amide bonds. The first-order valence-electron chi connectivity index (χ1n) is 6.89. The topological polar surface area (TPSA) is 67.9 Å². The van der Waals surface area contributed by atoms with E-state index in [1.807, 2.05) is 33.3 Å². The Bertz CT molecular complexity index is 716. The number of anilines is 1. The van der Waals surface area contributed by atoms with Gasteiger partial charge in [-0.05, 0) is 32.4 Å². The third kappa shape index (κ3) is 2.56. The molecular weight excluding hydrogens is 266 g/mol. The summed E-state index contributed by atoms with van der Waals surface area (Å²) in [6, 6.07) is 0. The van der Waals surface area contributed by atoms with Crippen LogP contribution >= 0.6 is 0 Å². The van der Waals surface area contributed by atoms with Gasteiger partial charge in [-0.3, -0.25) is 4.68 Å². The highest BCUT2D eigenvalue weighted by atomic mass is 16.5. The van der Waals surface area contributed by atoms with Crippen molar-refractivity contribution in [3.63, 3.8) is 0 Å². The number of aromatic nitrogens is 3. The molecule has 0 unspecified atom stereocenters. The first kappa shape index (κ1) is 13.5. The summed E-state index contributed by atoms with van der Waals surface area (Å²) in [6.45, 7) is 6.74. The Morgan fingerprint density at radius 3 is 2.86 bits per heavy atom. The molecule has 0 aliphatic carbocycles. The van der Waals surface area contributed by atoms with Gasteiger partial charge in [-0.15, -0.1) is 0 Å². The molecule has 6 nitrogen and oxygen atoms in total. The standard InChI is InChI=1S/C15H19N5O/c1-9(18-13-7-17-20(4)8-13)12-5-14(16-6-12)15-10(2)19-21-11(15)3/h5,7-8,16,18H,6H2,1-4H3/b12-9-. The minimum atomic E-state index is 0.790. The molecule has 0 radical (unpaired) electrons. The average molecular weight is 285 g/mol. The summed E-state index contributed by atoms with van der Waals surface area (Å²) >= 11 is 0. The number of nitrogens with zero attached hydrogens (tertiary/aromatic N) is 3. The molecule has 2 aromatic rings. The van der Waals surface area contributed by atoms with Gasteiger partial charge in [0.25, 0.3) is 0 Å². The molecule has 0 fully saturated rings. The van der Waals surface area contributed by atoms with Crippen molar-refractivity contribution in [2.45, 2.75) is 20.8 Å². The summed E-state index contributed by atoms with van der Waals surface area (Å²) in [4.78, 5) is 0. The first-order valence-corrected chi connectivity index (χ1v) is 6.89. The highest BCUT2D eigenvalue weighted by Gasteiger charge is 2.19. The van der Waals surface area contributed by atoms with E-state index in [1.165, 1.54) is 5.57 Å². The van der Waals surface area contributed by atoms with Gasteiger partial charge in [-0.25, -0.2) is 0 Å². The molecule has 2 N–H and O–H groups in total. The second-order valence-corrected chi connectivity index (χ2v) is 5.29. The lowest BCUT2D eigenvalue weighted by Gasteiger charge is -2.06. The largest absolute Gasteiger partial charge is 0.380 e. The zero-order valence-corrected chi connectivity index (χ0v) is 12.7. The number of allylic oxidation sites excluding steroid dienone is 1. The number of nitrogens with one attached hydrogen (secondary N) is 2. The van der Waals surface area contributed by atoms with E-state index in [0.717, 1.165) is 40.6 Å². The second kappa shape index (κ2) is 5.12. The molecule has 1 aliphatic rings. The van der Waals surface area contributed by atoms with E-state index >= 15 is 0 Å². The Morgan fingerprint density at radius 2 is 2.24 bits per heavy atom. The maximum absolute atomic E-state index is 5.23. The number of hydrogen-bond acceptors (Lipinski definition) is 5. The smallest absolute Gasteiger partial charge is 0.143 e. The lowest BCUT2D eigenvalue weighted by atomic mass is 10.1. The monoisotopic (exact) mass is 285 g/mol. The molecule has 0 saturated heterocycles. The van der Waals surface area contributed by atoms with Crippen LogP contribution in [0.4, 0.5) is 5.69 Å². The van der Waals surface area contributed by atoms with Crippen LogP contribution in [-0.2, 0) is 7.05 Å². The summed E-state index contributed by atoms with van der Waals surface area (Å²) in [5.41, 5.74) is 6.34. The van der Waals surface area contributed by atoms with E-state index in [-0.39, 0.29) is 0 Å². The minimum absolute atomic E-state index is 0.790. The van der Waals surface area contributed by atoms with Crippen molar-refractivity contribution in [3.8, 4) is 0 Å². The van der Waals surface area contributed by atoms with Gasteiger partial charge in [0.05, 0.1) is 23.1 Å². The van der Waals surface area contributed by atoms with Crippen molar-refractivity contribution in [3.05, 3.63) is 46.8 Å². The van der Waals surface area contributed by atoms with Crippen LogP contribution in [-0.4, -0.2) is 21.5 Å². The molecule has 0 saturated carbocycles. The molecule has 0 aromatic carbocycles. The quantitative estimate of drug-likeness (QED) is 0.906. The van der Waals surface area contributed by atoms with E-state index in [0.29, 0.717) is 0 Å². The van der Waals surface area contributed by atoms with Crippen molar-refractivity contribution in [1.29, 1.82) is 0 Å². The van der Waals surface area contributed by atoms with Crippen molar-refractivity contribution in [2.75, 3.05) is 11.9 Å². The van der Waals surface area contributed by atoms with Crippen molar-refractivity contribution >= 4 is 11.4 Å². The Morgan fingerprint density at radius 1 is 1.43 bits per heavy atom. The Balaban J connectivity index is 1.86. The normalized spacial score (nSPS) is 16.7. The average Bonchev–Trinajstić information content (AvgIpc) is 3.12. The minimum Gasteiger partial charge on any atom is -0.380 e. The fourth-order valence-corrected chi connectivity index (χ4v) is 2.52. The lowest BCUT2D eigenvalue weighted by molar-refractivity contribution is 0.393. The zero-order valence-electron chi connectivity index (χ0n) is 12.7. The van der Waals surface area contributed by atoms with Crippen LogP contribution in [0, 0.1) is 13.8 Å².